The molecule has 0 saturated carbocycles. The Hall–Kier alpha value is -1.79. The van der Waals surface area contributed by atoms with Crippen molar-refractivity contribution in [2.45, 2.75) is 46.3 Å². The normalized spacial score (nSPS) is 14.0. The molecule has 0 aliphatic rings. The highest BCUT2D eigenvalue weighted by molar-refractivity contribution is 5.79. The summed E-state index contributed by atoms with van der Waals surface area (Å²) in [4.78, 5) is 4.67. The van der Waals surface area contributed by atoms with Crippen molar-refractivity contribution < 1.29 is 14.6 Å². The minimum Gasteiger partial charge on any atom is -0.497 e. The van der Waals surface area contributed by atoms with Gasteiger partial charge in [-0.2, -0.15) is 0 Å². The maximum Gasteiger partial charge on any atom is 0.191 e. The molecule has 0 aliphatic carbocycles. The summed E-state index contributed by atoms with van der Waals surface area (Å²) in [5.41, 5.74) is 1.12. The molecule has 0 radical (unpaired) electrons. The van der Waals surface area contributed by atoms with Gasteiger partial charge in [-0.25, -0.2) is 4.99 Å². The van der Waals surface area contributed by atoms with Crippen LogP contribution < -0.4 is 15.4 Å². The topological polar surface area (TPSA) is 75.1 Å². The summed E-state index contributed by atoms with van der Waals surface area (Å²) in [6.45, 7) is 9.60. The number of benzene rings is 1. The van der Waals surface area contributed by atoms with Crippen molar-refractivity contribution in [2.75, 3.05) is 33.4 Å². The monoisotopic (exact) mass is 365 g/mol. The fourth-order valence-corrected chi connectivity index (χ4v) is 2.54. The van der Waals surface area contributed by atoms with Crippen LogP contribution in [-0.4, -0.2) is 50.6 Å². The van der Waals surface area contributed by atoms with Gasteiger partial charge in [-0.05, 0) is 50.3 Å². The van der Waals surface area contributed by atoms with Gasteiger partial charge in [0, 0.05) is 26.3 Å². The Bertz CT molecular complexity index is 504. The lowest BCUT2D eigenvalue weighted by Gasteiger charge is -2.17. The minimum atomic E-state index is -0.286. The predicted molar refractivity (Wildman–Crippen MR) is 107 cm³/mol. The zero-order chi connectivity index (χ0) is 19.2. The van der Waals surface area contributed by atoms with E-state index in [0.29, 0.717) is 12.5 Å². The van der Waals surface area contributed by atoms with Gasteiger partial charge in [0.2, 0.25) is 0 Å². The molecule has 0 aromatic heterocycles. The molecule has 2 atom stereocenters. The van der Waals surface area contributed by atoms with E-state index in [1.54, 1.807) is 7.11 Å². The van der Waals surface area contributed by atoms with Crippen molar-refractivity contribution in [3.8, 4) is 5.75 Å². The second-order valence-corrected chi connectivity index (χ2v) is 6.56. The third-order valence-corrected chi connectivity index (χ3v) is 3.90. The van der Waals surface area contributed by atoms with Gasteiger partial charge >= 0.3 is 0 Å². The summed E-state index contributed by atoms with van der Waals surface area (Å²) >= 11 is 0. The van der Waals surface area contributed by atoms with E-state index < -0.39 is 0 Å². The van der Waals surface area contributed by atoms with Crippen LogP contribution in [0.5, 0.6) is 5.75 Å². The van der Waals surface area contributed by atoms with Gasteiger partial charge < -0.3 is 25.2 Å². The minimum absolute atomic E-state index is 0.286. The van der Waals surface area contributed by atoms with Crippen LogP contribution in [0.25, 0.3) is 0 Å². The van der Waals surface area contributed by atoms with Crippen molar-refractivity contribution in [3.05, 3.63) is 29.8 Å². The van der Waals surface area contributed by atoms with Crippen LogP contribution in [0, 0.1) is 5.92 Å². The molecule has 1 aromatic rings. The molecule has 0 saturated heterocycles. The molecule has 148 valence electrons. The first kappa shape index (κ1) is 22.3. The van der Waals surface area contributed by atoms with Gasteiger partial charge in [0.25, 0.3) is 0 Å². The average molecular weight is 366 g/mol. The molecule has 6 nitrogen and oxygen atoms in total. The molecule has 0 heterocycles. The van der Waals surface area contributed by atoms with Crippen LogP contribution >= 0.6 is 0 Å². The van der Waals surface area contributed by atoms with Crippen LogP contribution in [0.2, 0.25) is 0 Å². The third kappa shape index (κ3) is 10.3. The number of hydrogen-bond donors (Lipinski definition) is 3. The molecular weight excluding hydrogens is 330 g/mol. The quantitative estimate of drug-likeness (QED) is 0.302. The largest absolute Gasteiger partial charge is 0.497 e. The number of aliphatic imine (C=N–C) groups is 1. The van der Waals surface area contributed by atoms with Gasteiger partial charge in [0.15, 0.2) is 5.96 Å². The fraction of sp³-hybridized carbons (Fsp3) is 0.650. The van der Waals surface area contributed by atoms with Crippen molar-refractivity contribution in [1.82, 2.24) is 10.6 Å². The van der Waals surface area contributed by atoms with Gasteiger partial charge in [0.1, 0.15) is 5.75 Å². The van der Waals surface area contributed by atoms with Gasteiger partial charge in [-0.15, -0.1) is 0 Å². The van der Waals surface area contributed by atoms with Gasteiger partial charge in [-0.1, -0.05) is 19.1 Å². The molecular formula is C20H35N3O3. The first-order valence-electron chi connectivity index (χ1n) is 9.46. The lowest BCUT2D eigenvalue weighted by atomic mass is 10.1. The number of aliphatic hydroxyl groups is 1. The van der Waals surface area contributed by atoms with Crippen molar-refractivity contribution >= 4 is 5.96 Å². The number of ether oxygens (including phenoxy) is 2. The van der Waals surface area contributed by atoms with Crippen LogP contribution in [-0.2, 0) is 11.3 Å². The zero-order valence-corrected chi connectivity index (χ0v) is 16.6. The van der Waals surface area contributed by atoms with E-state index in [2.05, 4.69) is 22.5 Å². The molecule has 0 fully saturated rings. The smallest absolute Gasteiger partial charge is 0.191 e. The van der Waals surface area contributed by atoms with Gasteiger partial charge in [-0.3, -0.25) is 0 Å². The average Bonchev–Trinajstić information content (AvgIpc) is 2.63. The number of guanidine groups is 1. The Morgan fingerprint density at radius 1 is 1.19 bits per heavy atom. The van der Waals surface area contributed by atoms with E-state index in [-0.39, 0.29) is 6.10 Å². The molecule has 2 unspecified atom stereocenters. The summed E-state index contributed by atoms with van der Waals surface area (Å²) in [5.74, 6) is 2.00. The summed E-state index contributed by atoms with van der Waals surface area (Å²) in [6.07, 6.45) is 1.41. The molecule has 0 amide bonds. The summed E-state index contributed by atoms with van der Waals surface area (Å²) in [6, 6.07) is 7.92. The van der Waals surface area contributed by atoms with Crippen molar-refractivity contribution in [2.24, 2.45) is 10.9 Å². The zero-order valence-electron chi connectivity index (χ0n) is 16.6. The standard InChI is InChI=1S/C20H35N3O3/c1-5-26-12-6-11-21-20(22-14-16(2)13-17(3)24)23-15-18-7-9-19(25-4)10-8-18/h7-10,16-17,24H,5-6,11-15H2,1-4H3,(H2,21,22,23). The Morgan fingerprint density at radius 3 is 2.54 bits per heavy atom. The first-order valence-corrected chi connectivity index (χ1v) is 9.46. The number of nitrogens with one attached hydrogen (secondary N) is 2. The van der Waals surface area contributed by atoms with Gasteiger partial charge in [0.05, 0.1) is 19.8 Å². The van der Waals surface area contributed by atoms with Crippen molar-refractivity contribution in [3.63, 3.8) is 0 Å². The SMILES string of the molecule is CCOCCCNC(=NCc1ccc(OC)cc1)NCC(C)CC(C)O. The number of hydrogen-bond acceptors (Lipinski definition) is 4. The van der Waals surface area contributed by atoms with Crippen molar-refractivity contribution in [1.29, 1.82) is 0 Å². The fourth-order valence-electron chi connectivity index (χ4n) is 2.54. The third-order valence-electron chi connectivity index (χ3n) is 3.90. The van der Waals surface area contributed by atoms with Crippen LogP contribution in [0.15, 0.2) is 29.3 Å². The van der Waals surface area contributed by atoms with Crippen LogP contribution in [0.1, 0.15) is 39.2 Å². The molecule has 0 aliphatic heterocycles. The Morgan fingerprint density at radius 2 is 1.92 bits per heavy atom. The predicted octanol–water partition coefficient (Wildman–Crippen LogP) is 2.56. The highest BCUT2D eigenvalue weighted by Gasteiger charge is 2.07. The number of rotatable bonds is 12. The summed E-state index contributed by atoms with van der Waals surface area (Å²) in [5, 5.41) is 16.2. The first-order chi connectivity index (χ1) is 12.5. The lowest BCUT2D eigenvalue weighted by molar-refractivity contribution is 0.145. The molecule has 1 aromatic carbocycles. The Kier molecular flexibility index (Phi) is 11.5. The Labute approximate surface area is 158 Å². The maximum absolute atomic E-state index is 9.51. The lowest BCUT2D eigenvalue weighted by Crippen LogP contribution is -2.40. The molecule has 0 spiro atoms. The highest BCUT2D eigenvalue weighted by Crippen LogP contribution is 2.11. The van der Waals surface area contributed by atoms with E-state index in [9.17, 15) is 5.11 Å². The molecule has 6 heteroatoms. The van der Waals surface area contributed by atoms with Crippen LogP contribution in [0.4, 0.5) is 0 Å². The molecule has 0 bridgehead atoms. The maximum atomic E-state index is 9.51. The van der Waals surface area contributed by atoms with E-state index in [0.717, 1.165) is 56.4 Å². The molecule has 26 heavy (non-hydrogen) atoms. The van der Waals surface area contributed by atoms with E-state index >= 15 is 0 Å². The Balaban J connectivity index is 2.55. The highest BCUT2D eigenvalue weighted by atomic mass is 16.5. The summed E-state index contributed by atoms with van der Waals surface area (Å²) < 4.78 is 10.6. The number of methoxy groups -OCH3 is 1. The number of nitrogens with zero attached hydrogens (tertiary/aromatic N) is 1. The van der Waals surface area contributed by atoms with E-state index in [1.807, 2.05) is 38.1 Å². The van der Waals surface area contributed by atoms with Crippen LogP contribution in [0.3, 0.4) is 0 Å². The van der Waals surface area contributed by atoms with E-state index in [4.69, 9.17) is 9.47 Å². The second kappa shape index (κ2) is 13.4. The number of aliphatic hydroxyl groups excluding tert-OH is 1. The van der Waals surface area contributed by atoms with E-state index in [1.165, 1.54) is 0 Å². The summed E-state index contributed by atoms with van der Waals surface area (Å²) in [7, 11) is 1.66. The molecule has 3 N–H and O–H groups in total. The second-order valence-electron chi connectivity index (χ2n) is 6.56. The molecule has 1 rings (SSSR count).